The minimum absolute atomic E-state index is 0.283. The molecule has 0 bridgehead atoms. The Hall–Kier alpha value is -0.440. The lowest BCUT2D eigenvalue weighted by atomic mass is 9.98. The molecule has 1 nitrogen and oxygen atoms in total. The van der Waals surface area contributed by atoms with Crippen LogP contribution in [0.2, 0.25) is 20.1 Å². The Morgan fingerprint density at radius 2 is 1.71 bits per heavy atom. The lowest BCUT2D eigenvalue weighted by molar-refractivity contribution is 0.577. The highest BCUT2D eigenvalue weighted by Gasteiger charge is 2.16. The van der Waals surface area contributed by atoms with E-state index in [-0.39, 0.29) is 6.04 Å². The van der Waals surface area contributed by atoms with Gasteiger partial charge in [-0.15, -0.1) is 0 Å². The maximum absolute atomic E-state index is 6.32. The molecule has 2 aromatic rings. The molecule has 0 saturated carbocycles. The van der Waals surface area contributed by atoms with E-state index in [1.165, 1.54) is 5.56 Å². The summed E-state index contributed by atoms with van der Waals surface area (Å²) in [6, 6.07) is 10.00. The molecule has 1 unspecified atom stereocenters. The van der Waals surface area contributed by atoms with Gasteiger partial charge in [-0.25, -0.2) is 0 Å². The van der Waals surface area contributed by atoms with E-state index in [4.69, 9.17) is 46.4 Å². The van der Waals surface area contributed by atoms with E-state index in [1.807, 2.05) is 19.2 Å². The van der Waals surface area contributed by atoms with Crippen molar-refractivity contribution >= 4 is 46.4 Å². The van der Waals surface area contributed by atoms with Crippen molar-refractivity contribution in [1.82, 2.24) is 5.32 Å². The predicted octanol–water partition coefficient (Wildman–Crippen LogP) is 6.64. The largest absolute Gasteiger partial charge is 0.313 e. The molecule has 0 saturated heterocycles. The Balaban J connectivity index is 2.58. The van der Waals surface area contributed by atoms with Gasteiger partial charge in [0.15, 0.2) is 0 Å². The molecule has 0 aliphatic heterocycles. The highest BCUT2D eigenvalue weighted by molar-refractivity contribution is 6.51. The van der Waals surface area contributed by atoms with Crippen LogP contribution in [0.25, 0.3) is 11.1 Å². The third-order valence-electron chi connectivity index (χ3n) is 3.45. The van der Waals surface area contributed by atoms with Gasteiger partial charge < -0.3 is 5.32 Å². The molecule has 0 aromatic heterocycles. The predicted molar refractivity (Wildman–Crippen MR) is 94.0 cm³/mol. The van der Waals surface area contributed by atoms with E-state index >= 15 is 0 Å². The summed E-state index contributed by atoms with van der Waals surface area (Å²) in [4.78, 5) is 0. The maximum Gasteiger partial charge on any atom is 0.0785 e. The third kappa shape index (κ3) is 3.49. The van der Waals surface area contributed by atoms with Crippen molar-refractivity contribution in [3.05, 3.63) is 56.0 Å². The fourth-order valence-corrected chi connectivity index (χ4v) is 3.48. The summed E-state index contributed by atoms with van der Waals surface area (Å²) < 4.78 is 0. The van der Waals surface area contributed by atoms with E-state index in [0.717, 1.165) is 12.0 Å². The van der Waals surface area contributed by atoms with E-state index < -0.39 is 0 Å². The van der Waals surface area contributed by atoms with Gasteiger partial charge in [-0.05, 0) is 36.7 Å². The van der Waals surface area contributed by atoms with Gasteiger partial charge >= 0.3 is 0 Å². The topological polar surface area (TPSA) is 12.0 Å². The standard InChI is InChI=1S/C16H15Cl4N/c1-3-13(21-2)9-5-4-6-10(7-9)14-11(17)8-12(18)15(19)16(14)20/h4-8,13,21H,3H2,1-2H3. The smallest absolute Gasteiger partial charge is 0.0785 e. The van der Waals surface area contributed by atoms with Crippen LogP contribution < -0.4 is 5.32 Å². The summed E-state index contributed by atoms with van der Waals surface area (Å²) in [7, 11) is 1.94. The monoisotopic (exact) mass is 361 g/mol. The van der Waals surface area contributed by atoms with Crippen LogP contribution in [0, 0.1) is 0 Å². The molecule has 0 amide bonds. The zero-order chi connectivity index (χ0) is 15.6. The lowest BCUT2D eigenvalue weighted by Gasteiger charge is -2.16. The van der Waals surface area contributed by atoms with Gasteiger partial charge in [0.1, 0.15) is 0 Å². The first-order valence-corrected chi connectivity index (χ1v) is 8.11. The van der Waals surface area contributed by atoms with Crippen LogP contribution >= 0.6 is 46.4 Å². The van der Waals surface area contributed by atoms with Crippen molar-refractivity contribution in [3.63, 3.8) is 0 Å². The fourth-order valence-electron chi connectivity index (χ4n) is 2.35. The molecule has 1 atom stereocenters. The van der Waals surface area contributed by atoms with E-state index in [0.29, 0.717) is 25.7 Å². The molecule has 0 spiro atoms. The summed E-state index contributed by atoms with van der Waals surface area (Å²) >= 11 is 24.7. The Morgan fingerprint density at radius 1 is 1.00 bits per heavy atom. The molecule has 0 fully saturated rings. The van der Waals surface area contributed by atoms with Crippen molar-refractivity contribution in [2.45, 2.75) is 19.4 Å². The summed E-state index contributed by atoms with van der Waals surface area (Å²) in [5.74, 6) is 0. The molecule has 2 aromatic carbocycles. The molecule has 1 N–H and O–H groups in total. The third-order valence-corrected chi connectivity index (χ3v) is 5.01. The van der Waals surface area contributed by atoms with Crippen LogP contribution in [-0.2, 0) is 0 Å². The van der Waals surface area contributed by atoms with Crippen molar-refractivity contribution in [2.24, 2.45) is 0 Å². The van der Waals surface area contributed by atoms with Crippen LogP contribution in [0.3, 0.4) is 0 Å². The Kier molecular flexibility index (Phi) is 5.81. The van der Waals surface area contributed by atoms with E-state index in [2.05, 4.69) is 24.4 Å². The van der Waals surface area contributed by atoms with Crippen molar-refractivity contribution in [2.75, 3.05) is 7.05 Å². The normalized spacial score (nSPS) is 12.5. The van der Waals surface area contributed by atoms with E-state index in [9.17, 15) is 0 Å². The van der Waals surface area contributed by atoms with Gasteiger partial charge in [-0.3, -0.25) is 0 Å². The van der Waals surface area contributed by atoms with Gasteiger partial charge in [0.25, 0.3) is 0 Å². The minimum Gasteiger partial charge on any atom is -0.313 e. The average molecular weight is 363 g/mol. The highest BCUT2D eigenvalue weighted by atomic mass is 35.5. The molecule has 112 valence electrons. The first kappa shape index (κ1) is 16.9. The highest BCUT2D eigenvalue weighted by Crippen LogP contribution is 2.43. The van der Waals surface area contributed by atoms with Gasteiger partial charge in [-0.2, -0.15) is 0 Å². The minimum atomic E-state index is 0.283. The zero-order valence-corrected chi connectivity index (χ0v) is 14.7. The summed E-state index contributed by atoms with van der Waals surface area (Å²) in [6.07, 6.45) is 0.989. The summed E-state index contributed by atoms with van der Waals surface area (Å²) in [5, 5.41) is 4.83. The average Bonchev–Trinajstić information content (AvgIpc) is 2.47. The van der Waals surface area contributed by atoms with Crippen LogP contribution in [0.5, 0.6) is 0 Å². The molecule has 2 rings (SSSR count). The zero-order valence-electron chi connectivity index (χ0n) is 11.7. The quantitative estimate of drug-likeness (QED) is 0.474. The molecule has 21 heavy (non-hydrogen) atoms. The summed E-state index contributed by atoms with van der Waals surface area (Å²) in [5.41, 5.74) is 2.81. The van der Waals surface area contributed by atoms with Gasteiger partial charge in [0, 0.05) is 11.6 Å². The molecule has 0 aliphatic carbocycles. The second kappa shape index (κ2) is 7.21. The second-order valence-electron chi connectivity index (χ2n) is 4.72. The Morgan fingerprint density at radius 3 is 2.33 bits per heavy atom. The number of hydrogen-bond donors (Lipinski definition) is 1. The van der Waals surface area contributed by atoms with Gasteiger partial charge in [0.05, 0.1) is 20.1 Å². The van der Waals surface area contributed by atoms with Gasteiger partial charge in [0.2, 0.25) is 0 Å². The number of rotatable bonds is 4. The SMILES string of the molecule is CCC(NC)c1cccc(-c2c(Cl)cc(Cl)c(Cl)c2Cl)c1. The number of benzene rings is 2. The molecular weight excluding hydrogens is 348 g/mol. The maximum atomic E-state index is 6.32. The summed E-state index contributed by atoms with van der Waals surface area (Å²) in [6.45, 7) is 2.13. The Bertz CT molecular complexity index is 651. The van der Waals surface area contributed by atoms with Crippen LogP contribution in [-0.4, -0.2) is 7.05 Å². The second-order valence-corrected chi connectivity index (χ2v) is 6.29. The van der Waals surface area contributed by atoms with Crippen LogP contribution in [0.15, 0.2) is 30.3 Å². The molecular formula is C16H15Cl4N. The first-order chi connectivity index (χ1) is 9.99. The van der Waals surface area contributed by atoms with E-state index in [1.54, 1.807) is 6.07 Å². The van der Waals surface area contributed by atoms with Gasteiger partial charge in [-0.1, -0.05) is 71.5 Å². The lowest BCUT2D eigenvalue weighted by Crippen LogP contribution is -2.15. The molecule has 0 aliphatic rings. The fraction of sp³-hybridized carbons (Fsp3) is 0.250. The Labute approximate surface area is 145 Å². The molecule has 0 radical (unpaired) electrons. The van der Waals surface area contributed by atoms with Crippen molar-refractivity contribution < 1.29 is 0 Å². The number of hydrogen-bond acceptors (Lipinski definition) is 1. The first-order valence-electron chi connectivity index (χ1n) is 6.60. The number of halogens is 4. The molecule has 5 heteroatoms. The van der Waals surface area contributed by atoms with Crippen molar-refractivity contribution in [3.8, 4) is 11.1 Å². The molecule has 0 heterocycles. The van der Waals surface area contributed by atoms with Crippen LogP contribution in [0.1, 0.15) is 24.9 Å². The van der Waals surface area contributed by atoms with Crippen LogP contribution in [0.4, 0.5) is 0 Å². The number of nitrogens with one attached hydrogen (secondary N) is 1. The van der Waals surface area contributed by atoms with Crippen molar-refractivity contribution in [1.29, 1.82) is 0 Å².